The average Bonchev–Trinajstić information content (AvgIpc) is 2.87. The van der Waals surface area contributed by atoms with E-state index in [0.29, 0.717) is 23.0 Å². The van der Waals surface area contributed by atoms with Crippen LogP contribution in [0.1, 0.15) is 12.3 Å². The third-order valence-corrected chi connectivity index (χ3v) is 2.81. The first-order chi connectivity index (χ1) is 9.24. The molecule has 19 heavy (non-hydrogen) atoms. The summed E-state index contributed by atoms with van der Waals surface area (Å²) in [4.78, 5) is 4.16. The van der Waals surface area contributed by atoms with E-state index < -0.39 is 0 Å². The second kappa shape index (κ2) is 6.33. The lowest BCUT2D eigenvalue weighted by atomic mass is 10.1. The molecule has 0 aliphatic rings. The van der Waals surface area contributed by atoms with Crippen LogP contribution in [0.15, 0.2) is 28.8 Å². The number of hydrogen-bond donors (Lipinski definition) is 1. The molecular weight excluding hydrogens is 247 g/mol. The Balaban J connectivity index is 2.13. The minimum atomic E-state index is -0.378. The summed E-state index contributed by atoms with van der Waals surface area (Å²) < 4.78 is 24.4. The van der Waals surface area contributed by atoms with Crippen LogP contribution in [0.2, 0.25) is 0 Å². The Labute approximate surface area is 111 Å². The van der Waals surface area contributed by atoms with Crippen LogP contribution in [0.5, 0.6) is 5.75 Å². The van der Waals surface area contributed by atoms with Crippen LogP contribution in [0.25, 0.3) is 11.3 Å². The molecule has 0 radical (unpaired) electrons. The predicted octanol–water partition coefficient (Wildman–Crippen LogP) is 2.64. The second-order valence-electron chi connectivity index (χ2n) is 4.17. The molecule has 0 saturated carbocycles. The van der Waals surface area contributed by atoms with Gasteiger partial charge in [0.05, 0.1) is 18.9 Å². The summed E-state index contributed by atoms with van der Waals surface area (Å²) in [6.07, 6.45) is 3.22. The fraction of sp³-hybridized carbons (Fsp3) is 0.357. The van der Waals surface area contributed by atoms with Gasteiger partial charge >= 0.3 is 0 Å². The third-order valence-electron chi connectivity index (χ3n) is 2.81. The summed E-state index contributed by atoms with van der Waals surface area (Å²) in [5.41, 5.74) is 0.396. The van der Waals surface area contributed by atoms with Gasteiger partial charge in [-0.05, 0) is 32.1 Å². The normalized spacial score (nSPS) is 10.7. The van der Waals surface area contributed by atoms with E-state index in [1.54, 1.807) is 18.3 Å². The molecule has 0 unspecified atom stereocenters. The number of ether oxygens (including phenoxy) is 1. The van der Waals surface area contributed by atoms with Gasteiger partial charge in [0, 0.05) is 12.5 Å². The van der Waals surface area contributed by atoms with E-state index in [9.17, 15) is 4.39 Å². The van der Waals surface area contributed by atoms with E-state index >= 15 is 0 Å². The minimum Gasteiger partial charge on any atom is -0.497 e. The van der Waals surface area contributed by atoms with Crippen molar-refractivity contribution in [1.82, 2.24) is 10.3 Å². The Hall–Kier alpha value is -1.88. The number of methoxy groups -OCH3 is 1. The van der Waals surface area contributed by atoms with E-state index in [1.807, 2.05) is 7.05 Å². The highest BCUT2D eigenvalue weighted by molar-refractivity contribution is 5.58. The molecule has 0 fully saturated rings. The maximum absolute atomic E-state index is 13.9. The number of hydrogen-bond acceptors (Lipinski definition) is 4. The lowest BCUT2D eigenvalue weighted by molar-refractivity contribution is 0.411. The van der Waals surface area contributed by atoms with Crippen molar-refractivity contribution in [2.45, 2.75) is 12.8 Å². The molecule has 2 rings (SSSR count). The number of aryl methyl sites for hydroxylation is 1. The van der Waals surface area contributed by atoms with E-state index in [-0.39, 0.29) is 5.82 Å². The summed E-state index contributed by atoms with van der Waals surface area (Å²) in [5, 5.41) is 3.05. The van der Waals surface area contributed by atoms with Crippen LogP contribution in [0.3, 0.4) is 0 Å². The molecule has 0 aliphatic heterocycles. The van der Waals surface area contributed by atoms with Gasteiger partial charge in [-0.1, -0.05) is 0 Å². The zero-order valence-corrected chi connectivity index (χ0v) is 11.1. The van der Waals surface area contributed by atoms with Crippen molar-refractivity contribution in [3.63, 3.8) is 0 Å². The SMILES string of the molecule is CNCCCc1ncc(-c2ccc(OC)cc2F)o1. The molecule has 0 atom stereocenters. The molecule has 1 N–H and O–H groups in total. The number of rotatable bonds is 6. The van der Waals surface area contributed by atoms with Crippen molar-refractivity contribution in [2.24, 2.45) is 0 Å². The summed E-state index contributed by atoms with van der Waals surface area (Å²) in [5.74, 6) is 1.17. The van der Waals surface area contributed by atoms with Crippen LogP contribution in [0.4, 0.5) is 4.39 Å². The van der Waals surface area contributed by atoms with E-state index in [4.69, 9.17) is 9.15 Å². The van der Waals surface area contributed by atoms with Crippen molar-refractivity contribution in [1.29, 1.82) is 0 Å². The third kappa shape index (κ3) is 3.32. The first-order valence-electron chi connectivity index (χ1n) is 6.18. The standard InChI is InChI=1S/C14H17FN2O2/c1-16-7-3-4-14-17-9-13(19-14)11-6-5-10(18-2)8-12(11)15/h5-6,8-9,16H,3-4,7H2,1-2H3. The molecular formula is C14H17FN2O2. The molecule has 0 saturated heterocycles. The quantitative estimate of drug-likeness (QED) is 0.815. The Bertz CT molecular complexity index is 540. The van der Waals surface area contributed by atoms with Crippen LogP contribution in [-0.4, -0.2) is 25.7 Å². The Morgan fingerprint density at radius 3 is 2.95 bits per heavy atom. The number of benzene rings is 1. The fourth-order valence-corrected chi connectivity index (χ4v) is 1.79. The maximum atomic E-state index is 13.9. The molecule has 1 aromatic heterocycles. The Kier molecular flexibility index (Phi) is 4.52. The summed E-state index contributed by atoms with van der Waals surface area (Å²) in [7, 11) is 3.40. The molecule has 0 bridgehead atoms. The number of nitrogens with one attached hydrogen (secondary N) is 1. The molecule has 102 valence electrons. The zero-order chi connectivity index (χ0) is 13.7. The van der Waals surface area contributed by atoms with Gasteiger partial charge in [-0.3, -0.25) is 0 Å². The number of nitrogens with zero attached hydrogens (tertiary/aromatic N) is 1. The van der Waals surface area contributed by atoms with Gasteiger partial charge in [-0.2, -0.15) is 0 Å². The van der Waals surface area contributed by atoms with E-state index in [1.165, 1.54) is 13.2 Å². The van der Waals surface area contributed by atoms with Gasteiger partial charge < -0.3 is 14.5 Å². The van der Waals surface area contributed by atoms with E-state index in [2.05, 4.69) is 10.3 Å². The van der Waals surface area contributed by atoms with Gasteiger partial charge in [-0.15, -0.1) is 0 Å². The maximum Gasteiger partial charge on any atom is 0.194 e. The molecule has 0 amide bonds. The van der Waals surface area contributed by atoms with Crippen molar-refractivity contribution in [2.75, 3.05) is 20.7 Å². The summed E-state index contributed by atoms with van der Waals surface area (Å²) in [6.45, 7) is 0.897. The highest BCUT2D eigenvalue weighted by Crippen LogP contribution is 2.26. The largest absolute Gasteiger partial charge is 0.497 e. The smallest absolute Gasteiger partial charge is 0.194 e. The van der Waals surface area contributed by atoms with Crippen molar-refractivity contribution in [3.05, 3.63) is 36.1 Å². The Morgan fingerprint density at radius 2 is 2.26 bits per heavy atom. The van der Waals surface area contributed by atoms with Crippen molar-refractivity contribution >= 4 is 0 Å². The van der Waals surface area contributed by atoms with E-state index in [0.717, 1.165) is 19.4 Å². The second-order valence-corrected chi connectivity index (χ2v) is 4.17. The summed E-state index contributed by atoms with van der Waals surface area (Å²) in [6, 6.07) is 4.66. The van der Waals surface area contributed by atoms with Crippen LogP contribution < -0.4 is 10.1 Å². The molecule has 0 spiro atoms. The van der Waals surface area contributed by atoms with Gasteiger partial charge in [0.2, 0.25) is 0 Å². The van der Waals surface area contributed by atoms with Gasteiger partial charge in [0.15, 0.2) is 11.7 Å². The van der Waals surface area contributed by atoms with Crippen LogP contribution in [-0.2, 0) is 6.42 Å². The van der Waals surface area contributed by atoms with Gasteiger partial charge in [0.1, 0.15) is 11.6 Å². The highest BCUT2D eigenvalue weighted by Gasteiger charge is 2.11. The number of halogens is 1. The molecule has 4 nitrogen and oxygen atoms in total. The lowest BCUT2D eigenvalue weighted by Crippen LogP contribution is -2.08. The van der Waals surface area contributed by atoms with Crippen molar-refractivity contribution in [3.8, 4) is 17.1 Å². The Morgan fingerprint density at radius 1 is 1.42 bits per heavy atom. The highest BCUT2D eigenvalue weighted by atomic mass is 19.1. The molecule has 5 heteroatoms. The first-order valence-corrected chi connectivity index (χ1v) is 6.18. The van der Waals surface area contributed by atoms with Gasteiger partial charge in [-0.25, -0.2) is 9.37 Å². The monoisotopic (exact) mass is 264 g/mol. The fourth-order valence-electron chi connectivity index (χ4n) is 1.79. The molecule has 1 heterocycles. The van der Waals surface area contributed by atoms with Crippen molar-refractivity contribution < 1.29 is 13.5 Å². The lowest BCUT2D eigenvalue weighted by Gasteiger charge is -2.02. The molecule has 2 aromatic rings. The zero-order valence-electron chi connectivity index (χ0n) is 11.1. The van der Waals surface area contributed by atoms with Crippen LogP contribution >= 0.6 is 0 Å². The van der Waals surface area contributed by atoms with Crippen LogP contribution in [0, 0.1) is 5.82 Å². The molecule has 1 aromatic carbocycles. The number of aromatic nitrogens is 1. The minimum absolute atomic E-state index is 0.378. The first kappa shape index (κ1) is 13.5. The summed E-state index contributed by atoms with van der Waals surface area (Å²) >= 11 is 0. The van der Waals surface area contributed by atoms with Gasteiger partial charge in [0.25, 0.3) is 0 Å². The topological polar surface area (TPSA) is 47.3 Å². The number of oxazole rings is 1. The average molecular weight is 264 g/mol. The molecule has 0 aliphatic carbocycles. The predicted molar refractivity (Wildman–Crippen MR) is 70.7 cm³/mol.